The number of aliphatic imine (C=N–C) groups is 2. The number of nitrogens with zero attached hydrogens (tertiary/aromatic N) is 2. The summed E-state index contributed by atoms with van der Waals surface area (Å²) in [6.45, 7) is 13.8. The van der Waals surface area contributed by atoms with E-state index in [1.165, 1.54) is 26.6 Å². The van der Waals surface area contributed by atoms with Crippen molar-refractivity contribution < 1.29 is 28.6 Å². The highest BCUT2D eigenvalue weighted by atomic mass is 28.4. The number of ether oxygens (including phenoxy) is 2. The Balaban J connectivity index is 0.000000341. The third-order valence-electron chi connectivity index (χ3n) is 8.28. The first-order chi connectivity index (χ1) is 23.2. The second-order valence-electron chi connectivity index (χ2n) is 12.4. The number of rotatable bonds is 8. The Labute approximate surface area is 289 Å². The van der Waals surface area contributed by atoms with Crippen molar-refractivity contribution in [3.8, 4) is 11.5 Å². The van der Waals surface area contributed by atoms with Crippen LogP contribution in [0, 0.1) is 27.7 Å². The fourth-order valence-electron chi connectivity index (χ4n) is 6.04. The van der Waals surface area contributed by atoms with Gasteiger partial charge in [0.15, 0.2) is 0 Å². The quantitative estimate of drug-likeness (QED) is 0.0876. The number of esters is 2. The number of aryl methyl sites for hydroxylation is 2. The summed E-state index contributed by atoms with van der Waals surface area (Å²) in [7, 11) is -0.301. The highest BCUT2D eigenvalue weighted by molar-refractivity contribution is 7.00. The topological polar surface area (TPSA) is 159 Å². The summed E-state index contributed by atoms with van der Waals surface area (Å²) in [4.78, 5) is 32.7. The molecular weight excluding hydrogens is 637 g/mol. The van der Waals surface area contributed by atoms with Crippen LogP contribution in [0.15, 0.2) is 82.8 Å². The van der Waals surface area contributed by atoms with Gasteiger partial charge in [0, 0.05) is 0 Å². The van der Waals surface area contributed by atoms with Gasteiger partial charge in [-0.2, -0.15) is 0 Å². The van der Waals surface area contributed by atoms with E-state index in [1.807, 2.05) is 56.3 Å². The van der Waals surface area contributed by atoms with Crippen LogP contribution in [0.4, 0.5) is 11.4 Å². The van der Waals surface area contributed by atoms with Crippen molar-refractivity contribution in [2.75, 3.05) is 14.2 Å². The number of carbonyl (C=O) groups excluding carboxylic acids is 2. The van der Waals surface area contributed by atoms with Gasteiger partial charge in [0.05, 0.1) is 38.3 Å². The van der Waals surface area contributed by atoms with Crippen molar-refractivity contribution in [1.29, 1.82) is 0 Å². The summed E-state index contributed by atoms with van der Waals surface area (Å²) < 4.78 is 16.9. The van der Waals surface area contributed by atoms with Gasteiger partial charge in [-0.25, -0.2) is 19.6 Å². The van der Waals surface area contributed by atoms with Gasteiger partial charge in [0.1, 0.15) is 22.6 Å². The van der Waals surface area contributed by atoms with Gasteiger partial charge >= 0.3 is 20.3 Å². The summed E-state index contributed by atoms with van der Waals surface area (Å²) in [5, 5.41) is 11.7. The highest BCUT2D eigenvalue weighted by Crippen LogP contribution is 2.41. The van der Waals surface area contributed by atoms with Crippen LogP contribution < -0.4 is 26.3 Å². The van der Waals surface area contributed by atoms with Crippen LogP contribution in [0.5, 0.6) is 11.5 Å². The van der Waals surface area contributed by atoms with Crippen LogP contribution >= 0.6 is 0 Å². The number of carbonyl (C=O) groups is 2. The maximum Gasteiger partial charge on any atom is 0.341 e. The van der Waals surface area contributed by atoms with Crippen molar-refractivity contribution in [2.24, 2.45) is 21.5 Å². The molecule has 0 aromatic heterocycles. The lowest BCUT2D eigenvalue weighted by Gasteiger charge is -2.43. The zero-order valence-electron chi connectivity index (χ0n) is 29.6. The molecule has 0 atom stereocenters. The van der Waals surface area contributed by atoms with Gasteiger partial charge in [-0.1, -0.05) is 81.4 Å². The molecule has 0 aliphatic heterocycles. The highest BCUT2D eigenvalue weighted by Gasteiger charge is 2.52. The Bertz CT molecular complexity index is 1810. The van der Waals surface area contributed by atoms with Gasteiger partial charge < -0.3 is 30.5 Å². The molecule has 0 radical (unpaired) electrons. The molecular formula is C38H46N4O6Si. The maximum atomic E-state index is 13.0. The number of nitrogens with two attached hydrogens (primary N) is 2. The van der Waals surface area contributed by atoms with E-state index in [4.69, 9.17) is 20.6 Å². The standard InChI is InChI=1S/C27H32N2O3Si.C11H14N2O3/c1-19-17-23(24(26(30)31-6)20(2)25(19)29-18-28)32-33(27(3,4)5,21-13-9-7-10-14-21)22-15-11-8-12-16-22;1-6-4-8(14)9(11(15)16-3)7(2)10(6)13-5-12/h7-18H,1-6H3,(H2,28,29);4-5,14H,1-3H3,(H2,12,13). The molecule has 0 spiro atoms. The molecule has 0 bridgehead atoms. The average molecular weight is 683 g/mol. The van der Waals surface area contributed by atoms with Crippen molar-refractivity contribution in [3.63, 3.8) is 0 Å². The minimum Gasteiger partial charge on any atom is -0.533 e. The van der Waals surface area contributed by atoms with Crippen molar-refractivity contribution in [3.05, 3.63) is 106 Å². The number of benzene rings is 4. The molecule has 5 N–H and O–H groups in total. The number of hydrogen-bond donors (Lipinski definition) is 3. The minimum absolute atomic E-state index is 0.113. The Hall–Kier alpha value is -5.42. The van der Waals surface area contributed by atoms with E-state index in [0.717, 1.165) is 27.8 Å². The number of phenols is 1. The van der Waals surface area contributed by atoms with Crippen LogP contribution in [0.1, 0.15) is 63.7 Å². The molecule has 0 saturated carbocycles. The van der Waals surface area contributed by atoms with Crippen molar-refractivity contribution in [2.45, 2.75) is 53.5 Å². The fourth-order valence-corrected chi connectivity index (χ4v) is 10.5. The molecule has 0 fully saturated rings. The lowest BCUT2D eigenvalue weighted by Crippen LogP contribution is -2.69. The molecule has 0 saturated heterocycles. The maximum absolute atomic E-state index is 13.0. The zero-order valence-corrected chi connectivity index (χ0v) is 30.6. The Kier molecular flexibility index (Phi) is 12.5. The Morgan fingerprint density at radius 3 is 1.53 bits per heavy atom. The van der Waals surface area contributed by atoms with Crippen LogP contribution in [0.3, 0.4) is 0 Å². The molecule has 4 aromatic carbocycles. The predicted molar refractivity (Wildman–Crippen MR) is 199 cm³/mol. The number of hydrogen-bond acceptors (Lipinski definition) is 8. The van der Waals surface area contributed by atoms with E-state index in [-0.39, 0.29) is 16.4 Å². The lowest BCUT2D eigenvalue weighted by atomic mass is 10.0. The monoisotopic (exact) mass is 682 g/mol. The van der Waals surface area contributed by atoms with E-state index in [2.05, 4.69) is 59.8 Å². The molecule has 0 unspecified atom stereocenters. The molecule has 0 amide bonds. The molecule has 4 rings (SSSR count). The van der Waals surface area contributed by atoms with Crippen LogP contribution in [0.2, 0.25) is 5.04 Å². The molecule has 11 heteroatoms. The first kappa shape index (κ1) is 38.0. The van der Waals surface area contributed by atoms with E-state index >= 15 is 0 Å². The predicted octanol–water partition coefficient (Wildman–Crippen LogP) is 6.06. The summed E-state index contributed by atoms with van der Waals surface area (Å²) in [5.41, 5.74) is 15.3. The summed E-state index contributed by atoms with van der Waals surface area (Å²) in [5.74, 6) is -0.669. The van der Waals surface area contributed by atoms with E-state index < -0.39 is 20.3 Å². The van der Waals surface area contributed by atoms with Crippen LogP contribution in [0.25, 0.3) is 0 Å². The molecule has 0 aliphatic carbocycles. The number of methoxy groups -OCH3 is 2. The number of aromatic hydroxyl groups is 1. The lowest BCUT2D eigenvalue weighted by molar-refractivity contribution is 0.0587. The number of phenolic OH excluding ortho intramolecular Hbond substituents is 1. The molecule has 4 aromatic rings. The van der Waals surface area contributed by atoms with Gasteiger partial charge in [0.25, 0.3) is 0 Å². The fraction of sp³-hybridized carbons (Fsp3) is 0.263. The van der Waals surface area contributed by atoms with E-state index in [1.54, 1.807) is 13.8 Å². The SMILES string of the molecule is COC(=O)c1c(O)cc(C)c(N=CN)c1C.COC(=O)c1c(O[Si](c2ccccc2)(c2ccccc2)C(C)(C)C)cc(C)c(N=CN)c1C. The third kappa shape index (κ3) is 7.84. The second-order valence-corrected chi connectivity index (χ2v) is 16.6. The molecule has 258 valence electrons. The summed E-state index contributed by atoms with van der Waals surface area (Å²) in [6, 6.07) is 24.0. The van der Waals surface area contributed by atoms with Gasteiger partial charge in [0.2, 0.25) is 0 Å². The van der Waals surface area contributed by atoms with Crippen LogP contribution in [-0.4, -0.2) is 52.3 Å². The largest absolute Gasteiger partial charge is 0.533 e. The minimum atomic E-state index is -2.93. The van der Waals surface area contributed by atoms with E-state index in [0.29, 0.717) is 33.8 Å². The second kappa shape index (κ2) is 16.1. The van der Waals surface area contributed by atoms with Gasteiger partial charge in [-0.3, -0.25) is 0 Å². The normalized spacial score (nSPS) is 11.6. The van der Waals surface area contributed by atoms with Gasteiger partial charge in [-0.05, 0) is 77.5 Å². The molecule has 10 nitrogen and oxygen atoms in total. The van der Waals surface area contributed by atoms with Crippen LogP contribution in [-0.2, 0) is 9.47 Å². The third-order valence-corrected chi connectivity index (χ3v) is 13.2. The van der Waals surface area contributed by atoms with E-state index in [9.17, 15) is 14.7 Å². The summed E-state index contributed by atoms with van der Waals surface area (Å²) >= 11 is 0. The van der Waals surface area contributed by atoms with Crippen molar-refractivity contribution >= 4 is 54.7 Å². The van der Waals surface area contributed by atoms with Gasteiger partial charge in [-0.15, -0.1) is 0 Å². The molecule has 0 heterocycles. The summed E-state index contributed by atoms with van der Waals surface area (Å²) in [6.07, 6.45) is 2.38. The Morgan fingerprint density at radius 1 is 0.714 bits per heavy atom. The molecule has 49 heavy (non-hydrogen) atoms. The molecule has 0 aliphatic rings. The first-order valence-electron chi connectivity index (χ1n) is 15.6. The van der Waals surface area contributed by atoms with Crippen molar-refractivity contribution in [1.82, 2.24) is 0 Å². The Morgan fingerprint density at radius 2 is 1.12 bits per heavy atom. The first-order valence-corrected chi connectivity index (χ1v) is 17.5. The smallest absolute Gasteiger partial charge is 0.341 e. The zero-order chi connectivity index (χ0) is 36.5. The average Bonchev–Trinajstić information content (AvgIpc) is 3.07.